The Morgan fingerprint density at radius 1 is 1.03 bits per heavy atom. The van der Waals surface area contributed by atoms with Crippen LogP contribution in [0.3, 0.4) is 0 Å². The Morgan fingerprint density at radius 3 is 2.35 bits per heavy atom. The highest BCUT2D eigenvalue weighted by Gasteiger charge is 2.14. The zero-order valence-electron chi connectivity index (χ0n) is 18.0. The van der Waals surface area contributed by atoms with Crippen molar-refractivity contribution in [3.05, 3.63) is 62.9 Å². The van der Waals surface area contributed by atoms with Gasteiger partial charge in [-0.15, -0.1) is 5.10 Å². The third kappa shape index (κ3) is 3.98. The fraction of sp³-hybridized carbons (Fsp3) is 0.261. The zero-order chi connectivity index (χ0) is 22.0. The highest BCUT2D eigenvalue weighted by atomic mass is 32.1. The van der Waals surface area contributed by atoms with Crippen LogP contribution < -0.4 is 24.5 Å². The van der Waals surface area contributed by atoms with Gasteiger partial charge < -0.3 is 14.4 Å². The summed E-state index contributed by atoms with van der Waals surface area (Å²) >= 11 is 1.33. The van der Waals surface area contributed by atoms with Crippen LogP contribution in [0.15, 0.2) is 47.3 Å². The maximum absolute atomic E-state index is 12.9. The fourth-order valence-electron chi connectivity index (χ4n) is 3.45. The highest BCUT2D eigenvalue weighted by Crippen LogP contribution is 2.31. The largest absolute Gasteiger partial charge is 0.493 e. The average molecular weight is 437 g/mol. The number of methoxy groups -OCH3 is 2. The normalized spacial score (nSPS) is 11.8. The number of nitrogens with zero attached hydrogens (tertiary/aromatic N) is 4. The van der Waals surface area contributed by atoms with E-state index in [1.165, 1.54) is 21.5 Å². The number of hydrogen-bond donors (Lipinski definition) is 0. The van der Waals surface area contributed by atoms with Crippen LogP contribution in [0.4, 0.5) is 5.69 Å². The third-order valence-electron chi connectivity index (χ3n) is 5.14. The van der Waals surface area contributed by atoms with E-state index in [-0.39, 0.29) is 5.56 Å². The fourth-order valence-corrected chi connectivity index (χ4v) is 4.36. The minimum absolute atomic E-state index is 0.174. The van der Waals surface area contributed by atoms with Gasteiger partial charge in [-0.1, -0.05) is 23.5 Å². The van der Waals surface area contributed by atoms with Crippen molar-refractivity contribution in [3.63, 3.8) is 0 Å². The Labute approximate surface area is 184 Å². The molecule has 160 valence electrons. The van der Waals surface area contributed by atoms with E-state index in [1.54, 1.807) is 26.4 Å². The molecule has 0 fully saturated rings. The van der Waals surface area contributed by atoms with Gasteiger partial charge in [-0.25, -0.2) is 0 Å². The van der Waals surface area contributed by atoms with Crippen molar-refractivity contribution >= 4 is 28.1 Å². The Morgan fingerprint density at radius 2 is 1.74 bits per heavy atom. The van der Waals surface area contributed by atoms with Gasteiger partial charge >= 0.3 is 0 Å². The van der Waals surface area contributed by atoms with Crippen LogP contribution in [0, 0.1) is 0 Å². The average Bonchev–Trinajstić information content (AvgIpc) is 3.34. The molecular formula is C23H24N4O3S. The van der Waals surface area contributed by atoms with Crippen LogP contribution >= 0.6 is 11.3 Å². The Kier molecular flexibility index (Phi) is 5.90. The van der Waals surface area contributed by atoms with E-state index in [0.29, 0.717) is 26.8 Å². The number of ether oxygens (including phenoxy) is 2. The van der Waals surface area contributed by atoms with Crippen molar-refractivity contribution < 1.29 is 9.47 Å². The summed E-state index contributed by atoms with van der Waals surface area (Å²) in [5.41, 5.74) is 2.72. The van der Waals surface area contributed by atoms with Gasteiger partial charge in [-0.05, 0) is 55.8 Å². The Balaban J connectivity index is 1.67. The molecule has 2 heterocycles. The van der Waals surface area contributed by atoms with Gasteiger partial charge in [0.2, 0.25) is 4.96 Å². The van der Waals surface area contributed by atoms with E-state index in [0.717, 1.165) is 24.2 Å². The molecule has 0 spiro atoms. The molecule has 4 aromatic rings. The molecule has 2 aromatic carbocycles. The lowest BCUT2D eigenvalue weighted by atomic mass is 10.2. The lowest BCUT2D eigenvalue weighted by Crippen LogP contribution is -2.23. The molecule has 0 atom stereocenters. The monoisotopic (exact) mass is 436 g/mol. The molecule has 4 rings (SSSR count). The van der Waals surface area contributed by atoms with E-state index in [2.05, 4.69) is 41.0 Å². The van der Waals surface area contributed by atoms with E-state index < -0.39 is 0 Å². The van der Waals surface area contributed by atoms with Gasteiger partial charge in [0.25, 0.3) is 5.56 Å². The van der Waals surface area contributed by atoms with Gasteiger partial charge in [0.1, 0.15) is 0 Å². The molecule has 0 unspecified atom stereocenters. The molecule has 8 heteroatoms. The number of thiazole rings is 1. The van der Waals surface area contributed by atoms with Crippen LogP contribution in [0.25, 0.3) is 22.4 Å². The number of aromatic nitrogens is 3. The first kappa shape index (κ1) is 20.9. The summed E-state index contributed by atoms with van der Waals surface area (Å²) in [4.78, 5) is 20.2. The first-order chi connectivity index (χ1) is 15.1. The number of fused-ring (bicyclic) bond motifs is 1. The minimum atomic E-state index is -0.174. The Hall–Kier alpha value is -3.39. The second-order valence-electron chi connectivity index (χ2n) is 6.88. The number of benzene rings is 2. The minimum Gasteiger partial charge on any atom is -0.493 e. The summed E-state index contributed by atoms with van der Waals surface area (Å²) < 4.78 is 12.6. The lowest BCUT2D eigenvalue weighted by molar-refractivity contribution is 0.355. The van der Waals surface area contributed by atoms with Crippen molar-refractivity contribution in [1.29, 1.82) is 0 Å². The first-order valence-electron chi connectivity index (χ1n) is 10.1. The second-order valence-corrected chi connectivity index (χ2v) is 7.89. The van der Waals surface area contributed by atoms with E-state index in [1.807, 2.05) is 24.3 Å². The van der Waals surface area contributed by atoms with Crippen molar-refractivity contribution in [2.45, 2.75) is 13.8 Å². The summed E-state index contributed by atoms with van der Waals surface area (Å²) in [7, 11) is 3.16. The molecule has 0 saturated heterocycles. The molecule has 7 nitrogen and oxygen atoms in total. The molecular weight excluding hydrogens is 412 g/mol. The van der Waals surface area contributed by atoms with Gasteiger partial charge in [-0.3, -0.25) is 4.79 Å². The predicted molar refractivity (Wildman–Crippen MR) is 124 cm³/mol. The summed E-state index contributed by atoms with van der Waals surface area (Å²) in [6.45, 7) is 6.19. The number of hydrogen-bond acceptors (Lipinski definition) is 7. The molecule has 0 amide bonds. The van der Waals surface area contributed by atoms with Gasteiger partial charge in [0.05, 0.1) is 18.8 Å². The maximum atomic E-state index is 12.9. The van der Waals surface area contributed by atoms with Crippen LogP contribution in [-0.2, 0) is 0 Å². The standard InChI is InChI=1S/C23H24N4O3S/c1-5-26(6-2)17-10-7-15(8-11-17)13-20-22(28)27-23(31-20)24-21(25-27)16-9-12-18(29-3)19(14-16)30-4/h7-14H,5-6H2,1-4H3. The van der Waals surface area contributed by atoms with Crippen molar-refractivity contribution in [3.8, 4) is 22.9 Å². The molecule has 0 N–H and O–H groups in total. The van der Waals surface area contributed by atoms with E-state index >= 15 is 0 Å². The molecule has 0 saturated carbocycles. The molecule has 0 aliphatic rings. The number of anilines is 1. The summed E-state index contributed by atoms with van der Waals surface area (Å²) in [6, 6.07) is 13.6. The smallest absolute Gasteiger partial charge is 0.291 e. The lowest BCUT2D eigenvalue weighted by Gasteiger charge is -2.20. The quantitative estimate of drug-likeness (QED) is 0.443. The van der Waals surface area contributed by atoms with Crippen LogP contribution in [-0.4, -0.2) is 41.9 Å². The zero-order valence-corrected chi connectivity index (χ0v) is 18.8. The number of rotatable bonds is 7. The third-order valence-corrected chi connectivity index (χ3v) is 6.10. The first-order valence-corrected chi connectivity index (χ1v) is 10.9. The van der Waals surface area contributed by atoms with Crippen LogP contribution in [0.2, 0.25) is 0 Å². The van der Waals surface area contributed by atoms with Crippen molar-refractivity contribution in [1.82, 2.24) is 14.6 Å². The summed E-state index contributed by atoms with van der Waals surface area (Å²) in [6.07, 6.45) is 1.88. The molecule has 31 heavy (non-hydrogen) atoms. The van der Waals surface area contributed by atoms with E-state index in [4.69, 9.17) is 9.47 Å². The molecule has 0 aliphatic heterocycles. The van der Waals surface area contributed by atoms with Crippen LogP contribution in [0.5, 0.6) is 11.5 Å². The maximum Gasteiger partial charge on any atom is 0.291 e. The summed E-state index contributed by atoms with van der Waals surface area (Å²) in [5, 5.41) is 4.42. The predicted octanol–water partition coefficient (Wildman–Crippen LogP) is 3.23. The topological polar surface area (TPSA) is 69.0 Å². The Bertz CT molecular complexity index is 1310. The van der Waals surface area contributed by atoms with Crippen LogP contribution in [0.1, 0.15) is 19.4 Å². The highest BCUT2D eigenvalue weighted by molar-refractivity contribution is 7.15. The van der Waals surface area contributed by atoms with E-state index in [9.17, 15) is 4.79 Å². The molecule has 0 radical (unpaired) electrons. The molecule has 2 aromatic heterocycles. The molecule has 0 aliphatic carbocycles. The van der Waals surface area contributed by atoms with Crippen molar-refractivity contribution in [2.24, 2.45) is 0 Å². The van der Waals surface area contributed by atoms with Gasteiger partial charge in [-0.2, -0.15) is 9.50 Å². The summed E-state index contributed by atoms with van der Waals surface area (Å²) in [5.74, 6) is 1.68. The van der Waals surface area contributed by atoms with Crippen molar-refractivity contribution in [2.75, 3.05) is 32.2 Å². The SMILES string of the molecule is CCN(CC)c1ccc(C=c2sc3nc(-c4ccc(OC)c(OC)c4)nn3c2=O)cc1. The van der Waals surface area contributed by atoms with Gasteiger partial charge in [0, 0.05) is 24.3 Å². The second kappa shape index (κ2) is 8.77. The van der Waals surface area contributed by atoms with Gasteiger partial charge in [0.15, 0.2) is 17.3 Å². The molecule has 0 bridgehead atoms.